The summed E-state index contributed by atoms with van der Waals surface area (Å²) in [6, 6.07) is 15.6. The van der Waals surface area contributed by atoms with Crippen molar-refractivity contribution >= 4 is 23.9 Å². The molecule has 3 nitrogen and oxygen atoms in total. The SMILES string of the molecule is C=Cc1ccc2c(c1)C1C=C(C3CC=C(C)C=C3N3c4ccccc4C4C=Cc5oc6c(c5C43)C=CCC6)C=CC1O2. The highest BCUT2D eigenvalue weighted by atomic mass is 16.5. The molecule has 3 heterocycles. The monoisotopic (exact) mass is 547 g/mol. The van der Waals surface area contributed by atoms with E-state index >= 15 is 0 Å². The van der Waals surface area contributed by atoms with Gasteiger partial charge < -0.3 is 14.1 Å². The number of ether oxygens (including phenoxy) is 1. The van der Waals surface area contributed by atoms with Crippen LogP contribution in [0.25, 0.3) is 18.2 Å². The van der Waals surface area contributed by atoms with Crippen LogP contribution in [0, 0.1) is 5.92 Å². The van der Waals surface area contributed by atoms with Gasteiger partial charge in [0.25, 0.3) is 0 Å². The molecule has 4 aliphatic carbocycles. The molecule has 9 rings (SSSR count). The van der Waals surface area contributed by atoms with Crippen molar-refractivity contribution in [3.05, 3.63) is 148 Å². The van der Waals surface area contributed by atoms with Crippen molar-refractivity contribution in [2.24, 2.45) is 5.92 Å². The fourth-order valence-corrected chi connectivity index (χ4v) is 8.08. The van der Waals surface area contributed by atoms with E-state index in [0.29, 0.717) is 0 Å². The van der Waals surface area contributed by atoms with Crippen molar-refractivity contribution in [1.82, 2.24) is 0 Å². The quantitative estimate of drug-likeness (QED) is 0.327. The Morgan fingerprint density at radius 1 is 1.00 bits per heavy atom. The zero-order valence-electron chi connectivity index (χ0n) is 23.8. The molecule has 2 aromatic carbocycles. The van der Waals surface area contributed by atoms with Crippen molar-refractivity contribution in [3.8, 4) is 5.75 Å². The molecule has 3 aromatic rings. The molecule has 42 heavy (non-hydrogen) atoms. The van der Waals surface area contributed by atoms with E-state index in [1.807, 2.05) is 6.08 Å². The lowest BCUT2D eigenvalue weighted by atomic mass is 9.78. The maximum atomic E-state index is 6.50. The van der Waals surface area contributed by atoms with E-state index in [1.165, 1.54) is 44.8 Å². The fraction of sp³-hybridized carbons (Fsp3) is 0.231. The van der Waals surface area contributed by atoms with Crippen LogP contribution >= 0.6 is 0 Å². The number of hydrogen-bond donors (Lipinski definition) is 0. The minimum atomic E-state index is 0.0456. The number of nitrogens with zero attached hydrogens (tertiary/aromatic N) is 1. The highest BCUT2D eigenvalue weighted by molar-refractivity contribution is 5.77. The van der Waals surface area contributed by atoms with Crippen molar-refractivity contribution in [3.63, 3.8) is 0 Å². The zero-order chi connectivity index (χ0) is 27.9. The third-order valence-electron chi connectivity index (χ3n) is 10.0. The molecule has 0 radical (unpaired) electrons. The molecular formula is C39H33NO2. The van der Waals surface area contributed by atoms with E-state index in [9.17, 15) is 0 Å². The Morgan fingerprint density at radius 2 is 1.93 bits per heavy atom. The van der Waals surface area contributed by atoms with Gasteiger partial charge in [-0.3, -0.25) is 0 Å². The average Bonchev–Trinajstić information content (AvgIpc) is 3.69. The molecule has 0 fully saturated rings. The van der Waals surface area contributed by atoms with Gasteiger partial charge in [0.2, 0.25) is 0 Å². The predicted octanol–water partition coefficient (Wildman–Crippen LogP) is 9.44. The van der Waals surface area contributed by atoms with Crippen LogP contribution in [0.3, 0.4) is 0 Å². The van der Waals surface area contributed by atoms with Gasteiger partial charge in [0.1, 0.15) is 23.4 Å². The van der Waals surface area contributed by atoms with Crippen molar-refractivity contribution in [2.45, 2.75) is 50.2 Å². The molecule has 5 atom stereocenters. The summed E-state index contributed by atoms with van der Waals surface area (Å²) in [6.07, 6.45) is 26.1. The standard InChI is InChI=1S/C39H33NO2/c1-3-24-13-17-35-30(21-24)31-22-25(14-18-36(31)41-35)26-15-12-23(2)20-33(26)40-32-10-6-4-8-27(32)28-16-19-37-38(39(28)40)29-9-5-7-11-34(29)42-37/h3-6,8-10,12-14,16-22,26,28,31,36,39H,1,7,11,15H2,2H3. The lowest BCUT2D eigenvalue weighted by molar-refractivity contribution is 0.267. The van der Waals surface area contributed by atoms with Crippen LogP contribution in [0.5, 0.6) is 5.75 Å². The minimum Gasteiger partial charge on any atom is -0.485 e. The van der Waals surface area contributed by atoms with E-state index in [-0.39, 0.29) is 29.9 Å². The minimum absolute atomic E-state index is 0.0456. The second-order valence-electron chi connectivity index (χ2n) is 12.4. The average molecular weight is 548 g/mol. The number of benzene rings is 2. The number of fused-ring (bicyclic) bond motifs is 10. The van der Waals surface area contributed by atoms with Gasteiger partial charge in [0.15, 0.2) is 0 Å². The molecule has 1 aromatic heterocycles. The van der Waals surface area contributed by atoms with Crippen molar-refractivity contribution < 1.29 is 9.15 Å². The van der Waals surface area contributed by atoms with Crippen LogP contribution in [-0.2, 0) is 6.42 Å². The molecule has 0 amide bonds. The first-order chi connectivity index (χ1) is 20.7. The summed E-state index contributed by atoms with van der Waals surface area (Å²) in [6.45, 7) is 6.23. The second-order valence-corrected chi connectivity index (χ2v) is 12.4. The van der Waals surface area contributed by atoms with Gasteiger partial charge in [-0.15, -0.1) is 0 Å². The number of hydrogen-bond acceptors (Lipinski definition) is 3. The maximum absolute atomic E-state index is 6.50. The first-order valence-electron chi connectivity index (χ1n) is 15.3. The third kappa shape index (κ3) is 3.40. The Bertz CT molecular complexity index is 1860. The van der Waals surface area contributed by atoms with E-state index in [1.54, 1.807) is 0 Å². The van der Waals surface area contributed by atoms with E-state index in [4.69, 9.17) is 9.15 Å². The summed E-state index contributed by atoms with van der Waals surface area (Å²) in [5, 5.41) is 0. The fourth-order valence-electron chi connectivity index (χ4n) is 8.08. The summed E-state index contributed by atoms with van der Waals surface area (Å²) in [7, 11) is 0. The maximum Gasteiger partial charge on any atom is 0.132 e. The van der Waals surface area contributed by atoms with E-state index < -0.39 is 0 Å². The van der Waals surface area contributed by atoms with Gasteiger partial charge >= 0.3 is 0 Å². The van der Waals surface area contributed by atoms with Crippen molar-refractivity contribution in [1.29, 1.82) is 0 Å². The van der Waals surface area contributed by atoms with Gasteiger partial charge in [0, 0.05) is 52.2 Å². The topological polar surface area (TPSA) is 25.6 Å². The molecule has 0 N–H and O–H groups in total. The Kier molecular flexibility index (Phi) is 5.17. The molecule has 0 saturated carbocycles. The van der Waals surface area contributed by atoms with Crippen LogP contribution in [0.2, 0.25) is 0 Å². The molecule has 3 heteroatoms. The molecular weight excluding hydrogens is 514 g/mol. The number of para-hydroxylation sites is 1. The molecule has 0 bridgehead atoms. The van der Waals surface area contributed by atoms with Gasteiger partial charge in [-0.2, -0.15) is 0 Å². The molecule has 206 valence electrons. The number of rotatable bonds is 3. The van der Waals surface area contributed by atoms with Gasteiger partial charge in [-0.05, 0) is 72.9 Å². The van der Waals surface area contributed by atoms with Gasteiger partial charge in [0.05, 0.1) is 6.04 Å². The molecule has 2 aliphatic heterocycles. The highest BCUT2D eigenvalue weighted by Gasteiger charge is 2.47. The summed E-state index contributed by atoms with van der Waals surface area (Å²) >= 11 is 0. The number of allylic oxidation sites excluding steroid dienone is 6. The molecule has 5 unspecified atom stereocenters. The number of furan rings is 1. The van der Waals surface area contributed by atoms with Crippen LogP contribution < -0.4 is 9.64 Å². The van der Waals surface area contributed by atoms with Crippen LogP contribution in [-0.4, -0.2) is 6.10 Å². The summed E-state index contributed by atoms with van der Waals surface area (Å²) in [4.78, 5) is 2.66. The lowest BCUT2D eigenvalue weighted by Gasteiger charge is -2.39. The normalized spacial score (nSPS) is 27.5. The highest BCUT2D eigenvalue weighted by Crippen LogP contribution is 2.58. The Hall–Kier alpha value is -4.50. The number of aryl methyl sites for hydroxylation is 1. The Labute approximate surface area is 247 Å². The second kappa shape index (κ2) is 9.00. The van der Waals surface area contributed by atoms with Crippen LogP contribution in [0.1, 0.15) is 77.0 Å². The molecule has 0 spiro atoms. The Balaban J connectivity index is 1.18. The molecule has 6 aliphatic rings. The Morgan fingerprint density at radius 3 is 2.86 bits per heavy atom. The van der Waals surface area contributed by atoms with Gasteiger partial charge in [-0.25, -0.2) is 0 Å². The van der Waals surface area contributed by atoms with Crippen LogP contribution in [0.4, 0.5) is 5.69 Å². The molecule has 0 saturated heterocycles. The first-order valence-corrected chi connectivity index (χ1v) is 15.3. The third-order valence-corrected chi connectivity index (χ3v) is 10.0. The predicted molar refractivity (Wildman–Crippen MR) is 170 cm³/mol. The summed E-state index contributed by atoms with van der Waals surface area (Å²) in [5.74, 6) is 3.90. The smallest absolute Gasteiger partial charge is 0.132 e. The largest absolute Gasteiger partial charge is 0.485 e. The van der Waals surface area contributed by atoms with Crippen molar-refractivity contribution in [2.75, 3.05) is 4.90 Å². The van der Waals surface area contributed by atoms with Crippen LogP contribution in [0.15, 0.2) is 113 Å². The van der Waals surface area contributed by atoms with E-state index in [0.717, 1.165) is 42.1 Å². The van der Waals surface area contributed by atoms with E-state index in [2.05, 4.69) is 116 Å². The number of anilines is 1. The van der Waals surface area contributed by atoms with Gasteiger partial charge in [-0.1, -0.05) is 78.9 Å². The zero-order valence-corrected chi connectivity index (χ0v) is 23.8. The first kappa shape index (κ1) is 24.1. The summed E-state index contributed by atoms with van der Waals surface area (Å²) in [5.41, 5.74) is 11.8. The summed E-state index contributed by atoms with van der Waals surface area (Å²) < 4.78 is 12.9. The lowest BCUT2D eigenvalue weighted by Crippen LogP contribution is -2.33.